The number of primary amides is 1. The van der Waals surface area contributed by atoms with Gasteiger partial charge in [-0.3, -0.25) is 4.79 Å². The van der Waals surface area contributed by atoms with E-state index in [1.165, 1.54) is 12.1 Å². The Morgan fingerprint density at radius 1 is 1.60 bits per heavy atom. The van der Waals surface area contributed by atoms with E-state index in [4.69, 9.17) is 11.0 Å². The average molecular weight is 202 g/mol. The van der Waals surface area contributed by atoms with E-state index in [1.807, 2.05) is 6.07 Å². The fourth-order valence-electron chi connectivity index (χ4n) is 1.06. The van der Waals surface area contributed by atoms with Gasteiger partial charge in [0.2, 0.25) is 5.91 Å². The lowest BCUT2D eigenvalue weighted by Crippen LogP contribution is -2.07. The number of nitrogens with two attached hydrogens (primary N) is 1. The first-order valence-corrected chi connectivity index (χ1v) is 4.31. The van der Waals surface area contributed by atoms with Gasteiger partial charge in [0, 0.05) is 6.42 Å². The molecule has 1 rings (SSSR count). The molecular weight excluding hydrogens is 192 g/mol. The van der Waals surface area contributed by atoms with Gasteiger partial charge in [-0.2, -0.15) is 5.26 Å². The molecule has 76 valence electrons. The minimum absolute atomic E-state index is 0.0513. The number of aromatic hydroxyl groups is 1. The van der Waals surface area contributed by atoms with Crippen LogP contribution in [-0.4, -0.2) is 11.0 Å². The number of phenols is 1. The predicted octanol–water partition coefficient (Wildman–Crippen LogP) is 1.15. The number of nitriles is 1. The van der Waals surface area contributed by atoms with Crippen LogP contribution in [0.5, 0.6) is 5.75 Å². The predicted molar refractivity (Wildman–Crippen MR) is 55.7 cm³/mol. The maximum atomic E-state index is 10.4. The van der Waals surface area contributed by atoms with E-state index < -0.39 is 5.91 Å². The van der Waals surface area contributed by atoms with E-state index >= 15 is 0 Å². The van der Waals surface area contributed by atoms with Gasteiger partial charge in [-0.15, -0.1) is 0 Å². The van der Waals surface area contributed by atoms with E-state index in [1.54, 1.807) is 18.2 Å². The summed E-state index contributed by atoms with van der Waals surface area (Å²) in [7, 11) is 0. The molecule has 0 radical (unpaired) electrons. The lowest BCUT2D eigenvalue weighted by molar-refractivity contribution is -0.117. The highest BCUT2D eigenvalue weighted by molar-refractivity contribution is 5.76. The Hall–Kier alpha value is -2.28. The summed E-state index contributed by atoms with van der Waals surface area (Å²) in [5.41, 5.74) is 5.90. The molecule has 0 aromatic heterocycles. The summed E-state index contributed by atoms with van der Waals surface area (Å²) in [5, 5.41) is 17.9. The van der Waals surface area contributed by atoms with Gasteiger partial charge in [-0.05, 0) is 17.7 Å². The van der Waals surface area contributed by atoms with Crippen molar-refractivity contribution in [3.63, 3.8) is 0 Å². The van der Waals surface area contributed by atoms with Crippen LogP contribution in [0, 0.1) is 11.3 Å². The number of carbonyl (C=O) groups excluding carboxylic acids is 1. The van der Waals surface area contributed by atoms with Crippen molar-refractivity contribution in [1.29, 1.82) is 5.26 Å². The van der Waals surface area contributed by atoms with E-state index in [0.29, 0.717) is 0 Å². The molecule has 0 saturated carbocycles. The SMILES string of the molecule is N#Cc1cc(C=CCC(N)=O)ccc1O. The van der Waals surface area contributed by atoms with Crippen LogP contribution in [0.4, 0.5) is 0 Å². The van der Waals surface area contributed by atoms with Crippen LogP contribution in [-0.2, 0) is 4.79 Å². The first kappa shape index (κ1) is 10.8. The molecule has 0 fully saturated rings. The maximum Gasteiger partial charge on any atom is 0.221 e. The molecule has 0 spiro atoms. The van der Waals surface area contributed by atoms with Crippen molar-refractivity contribution in [2.45, 2.75) is 6.42 Å². The number of nitrogens with zero attached hydrogens (tertiary/aromatic N) is 1. The van der Waals surface area contributed by atoms with Crippen molar-refractivity contribution >= 4 is 12.0 Å². The third-order valence-corrected chi connectivity index (χ3v) is 1.77. The standard InChI is InChI=1S/C11H10N2O2/c12-7-9-6-8(4-5-10(9)14)2-1-3-11(13)15/h1-2,4-6,14H,3H2,(H2,13,15). The molecule has 3 N–H and O–H groups in total. The lowest BCUT2D eigenvalue weighted by atomic mass is 10.1. The number of rotatable bonds is 3. The number of hydrogen-bond donors (Lipinski definition) is 2. The second-order valence-electron chi connectivity index (χ2n) is 2.96. The summed E-state index contributed by atoms with van der Waals surface area (Å²) in [6.45, 7) is 0. The number of amides is 1. The quantitative estimate of drug-likeness (QED) is 0.770. The van der Waals surface area contributed by atoms with Crippen LogP contribution in [0.1, 0.15) is 17.5 Å². The molecule has 0 aliphatic heterocycles. The van der Waals surface area contributed by atoms with Gasteiger partial charge in [0.25, 0.3) is 0 Å². The molecular formula is C11H10N2O2. The Kier molecular flexibility index (Phi) is 3.47. The molecule has 4 nitrogen and oxygen atoms in total. The third-order valence-electron chi connectivity index (χ3n) is 1.77. The van der Waals surface area contributed by atoms with Crippen LogP contribution in [0.15, 0.2) is 24.3 Å². The summed E-state index contributed by atoms with van der Waals surface area (Å²) < 4.78 is 0. The van der Waals surface area contributed by atoms with Gasteiger partial charge in [0.05, 0.1) is 5.56 Å². The summed E-state index contributed by atoms with van der Waals surface area (Å²) in [6, 6.07) is 6.47. The van der Waals surface area contributed by atoms with Gasteiger partial charge in [-0.1, -0.05) is 18.2 Å². The molecule has 0 heterocycles. The van der Waals surface area contributed by atoms with E-state index in [0.717, 1.165) is 5.56 Å². The van der Waals surface area contributed by atoms with Crippen molar-refractivity contribution in [3.8, 4) is 11.8 Å². The molecule has 1 aromatic rings. The Labute approximate surface area is 87.3 Å². The van der Waals surface area contributed by atoms with Gasteiger partial charge in [-0.25, -0.2) is 0 Å². The molecule has 0 atom stereocenters. The van der Waals surface area contributed by atoms with E-state index in [-0.39, 0.29) is 17.7 Å². The van der Waals surface area contributed by atoms with Crippen molar-refractivity contribution in [2.24, 2.45) is 5.73 Å². The van der Waals surface area contributed by atoms with Gasteiger partial charge in [0.15, 0.2) is 0 Å². The second-order valence-corrected chi connectivity index (χ2v) is 2.96. The zero-order chi connectivity index (χ0) is 11.3. The Bertz CT molecular complexity index is 444. The van der Waals surface area contributed by atoms with Gasteiger partial charge >= 0.3 is 0 Å². The Morgan fingerprint density at radius 3 is 2.93 bits per heavy atom. The van der Waals surface area contributed by atoms with Crippen LogP contribution in [0.3, 0.4) is 0 Å². The molecule has 0 unspecified atom stereocenters. The summed E-state index contributed by atoms with van der Waals surface area (Å²) in [5.74, 6) is -0.463. The molecule has 4 heteroatoms. The zero-order valence-corrected chi connectivity index (χ0v) is 7.97. The Balaban J connectivity index is 2.84. The largest absolute Gasteiger partial charge is 0.507 e. The highest BCUT2D eigenvalue weighted by Gasteiger charge is 1.99. The lowest BCUT2D eigenvalue weighted by Gasteiger charge is -1.97. The molecule has 15 heavy (non-hydrogen) atoms. The minimum Gasteiger partial charge on any atom is -0.507 e. The number of phenolic OH excluding ortho intramolecular Hbond substituents is 1. The zero-order valence-electron chi connectivity index (χ0n) is 7.97. The highest BCUT2D eigenvalue weighted by atomic mass is 16.3. The first-order chi connectivity index (χ1) is 7.13. The van der Waals surface area contributed by atoms with Crippen molar-refractivity contribution in [1.82, 2.24) is 0 Å². The topological polar surface area (TPSA) is 87.1 Å². The third kappa shape index (κ3) is 3.16. The maximum absolute atomic E-state index is 10.4. The average Bonchev–Trinajstić information content (AvgIpc) is 2.20. The van der Waals surface area contributed by atoms with Crippen LogP contribution < -0.4 is 5.73 Å². The second kappa shape index (κ2) is 4.82. The summed E-state index contributed by atoms with van der Waals surface area (Å²) in [4.78, 5) is 10.4. The van der Waals surface area contributed by atoms with E-state index in [9.17, 15) is 9.90 Å². The normalized spacial score (nSPS) is 10.1. The summed E-state index contributed by atoms with van der Waals surface area (Å²) in [6.07, 6.45) is 3.43. The fraction of sp³-hybridized carbons (Fsp3) is 0.0909. The number of carbonyl (C=O) groups is 1. The van der Waals surface area contributed by atoms with E-state index in [2.05, 4.69) is 0 Å². The number of hydrogen-bond acceptors (Lipinski definition) is 3. The molecule has 0 saturated heterocycles. The number of benzene rings is 1. The first-order valence-electron chi connectivity index (χ1n) is 4.31. The molecule has 1 aromatic carbocycles. The van der Waals surface area contributed by atoms with Gasteiger partial charge in [0.1, 0.15) is 11.8 Å². The summed E-state index contributed by atoms with van der Waals surface area (Å²) >= 11 is 0. The Morgan fingerprint density at radius 2 is 2.33 bits per heavy atom. The van der Waals surface area contributed by atoms with Crippen molar-refractivity contribution in [3.05, 3.63) is 35.4 Å². The minimum atomic E-state index is -0.412. The highest BCUT2D eigenvalue weighted by Crippen LogP contribution is 2.18. The molecule has 1 amide bonds. The van der Waals surface area contributed by atoms with Crippen LogP contribution in [0.25, 0.3) is 6.08 Å². The smallest absolute Gasteiger partial charge is 0.221 e. The van der Waals surface area contributed by atoms with Crippen LogP contribution in [0.2, 0.25) is 0 Å². The van der Waals surface area contributed by atoms with Gasteiger partial charge < -0.3 is 10.8 Å². The fourth-order valence-corrected chi connectivity index (χ4v) is 1.06. The monoisotopic (exact) mass is 202 g/mol. The van der Waals surface area contributed by atoms with Crippen molar-refractivity contribution < 1.29 is 9.90 Å². The van der Waals surface area contributed by atoms with Crippen molar-refractivity contribution in [2.75, 3.05) is 0 Å². The molecule has 0 bridgehead atoms. The molecule has 0 aliphatic carbocycles. The van der Waals surface area contributed by atoms with Crippen LogP contribution >= 0.6 is 0 Å². The molecule has 0 aliphatic rings.